The minimum atomic E-state index is -2.94. The van der Waals surface area contributed by atoms with Crippen LogP contribution in [-0.4, -0.2) is 56.6 Å². The minimum Gasteiger partial charge on any atom is -0.434 e. The molecule has 2 aliphatic rings. The minimum absolute atomic E-state index is 0.0450. The first kappa shape index (κ1) is 22.8. The monoisotopic (exact) mass is 494 g/mol. The normalized spacial score (nSPS) is 18.6. The van der Waals surface area contributed by atoms with Gasteiger partial charge in [0.1, 0.15) is 17.3 Å². The maximum Gasteiger partial charge on any atom is 0.387 e. The summed E-state index contributed by atoms with van der Waals surface area (Å²) in [6.07, 6.45) is 7.06. The van der Waals surface area contributed by atoms with Crippen LogP contribution in [0.25, 0.3) is 16.6 Å². The first-order valence-corrected chi connectivity index (χ1v) is 12.5. The highest BCUT2D eigenvalue weighted by molar-refractivity contribution is 6.00. The second-order valence-corrected chi connectivity index (χ2v) is 9.60. The van der Waals surface area contributed by atoms with Crippen LogP contribution in [0.5, 0.6) is 5.75 Å². The van der Waals surface area contributed by atoms with E-state index in [1.807, 2.05) is 17.2 Å². The maximum atomic E-state index is 13.6. The summed E-state index contributed by atoms with van der Waals surface area (Å²) in [5.41, 5.74) is 3.58. The van der Waals surface area contributed by atoms with Crippen LogP contribution in [0.1, 0.15) is 59.9 Å². The molecule has 1 unspecified atom stereocenters. The Morgan fingerprint density at radius 1 is 1.14 bits per heavy atom. The van der Waals surface area contributed by atoms with Crippen molar-refractivity contribution in [2.75, 3.05) is 24.5 Å². The van der Waals surface area contributed by atoms with Crippen LogP contribution in [0.3, 0.4) is 0 Å². The summed E-state index contributed by atoms with van der Waals surface area (Å²) in [5.74, 6) is 0.865. The number of benzene rings is 1. The van der Waals surface area contributed by atoms with Gasteiger partial charge in [0.15, 0.2) is 5.65 Å². The van der Waals surface area contributed by atoms with Gasteiger partial charge in [0, 0.05) is 48.4 Å². The van der Waals surface area contributed by atoms with Gasteiger partial charge < -0.3 is 19.5 Å². The number of aromatic amines is 1. The highest BCUT2D eigenvalue weighted by atomic mass is 19.3. The molecule has 1 amide bonds. The number of anilines is 1. The highest BCUT2D eigenvalue weighted by Gasteiger charge is 2.32. The van der Waals surface area contributed by atoms with Crippen molar-refractivity contribution in [1.82, 2.24) is 24.5 Å². The molecular weight excluding hydrogens is 466 g/mol. The summed E-state index contributed by atoms with van der Waals surface area (Å²) in [4.78, 5) is 25.8. The van der Waals surface area contributed by atoms with Gasteiger partial charge in [-0.05, 0) is 57.2 Å². The van der Waals surface area contributed by atoms with E-state index in [9.17, 15) is 13.6 Å². The standard InChI is InChI=1S/C26H28F2N6O2/c1-16-15-34-23(30-24(16)32-10-4-5-11-32)14-19(31-34)21-8-2-3-12-33(21)25(35)20-13-17-18(29-20)7-6-9-22(17)36-26(27)28/h6-7,9,13-15,21,26,29H,2-5,8,10-12H2,1H3. The number of amides is 1. The fraction of sp³-hybridized carbons (Fsp3) is 0.423. The van der Waals surface area contributed by atoms with Gasteiger partial charge in [0.05, 0.1) is 11.7 Å². The average molecular weight is 495 g/mol. The third-order valence-electron chi connectivity index (χ3n) is 7.21. The molecule has 1 aromatic carbocycles. The number of piperidine rings is 1. The summed E-state index contributed by atoms with van der Waals surface area (Å²) in [5, 5.41) is 5.26. The van der Waals surface area contributed by atoms with Crippen LogP contribution in [0, 0.1) is 6.92 Å². The number of nitrogens with one attached hydrogen (secondary N) is 1. The number of carbonyl (C=O) groups is 1. The predicted molar refractivity (Wildman–Crippen MR) is 132 cm³/mol. The zero-order chi connectivity index (χ0) is 24.8. The van der Waals surface area contributed by atoms with Gasteiger partial charge in [0.2, 0.25) is 0 Å². The number of ether oxygens (including phenoxy) is 1. The molecular formula is C26H28F2N6O2. The van der Waals surface area contributed by atoms with E-state index < -0.39 is 6.61 Å². The van der Waals surface area contributed by atoms with E-state index in [-0.39, 0.29) is 17.7 Å². The smallest absolute Gasteiger partial charge is 0.387 e. The molecule has 0 saturated carbocycles. The molecule has 2 fully saturated rings. The summed E-state index contributed by atoms with van der Waals surface area (Å²) in [7, 11) is 0. The van der Waals surface area contributed by atoms with Gasteiger partial charge in [-0.3, -0.25) is 4.79 Å². The molecule has 0 aliphatic carbocycles. The molecule has 2 aliphatic heterocycles. The molecule has 188 valence electrons. The molecule has 4 aromatic rings. The fourth-order valence-corrected chi connectivity index (χ4v) is 5.51. The van der Waals surface area contributed by atoms with Crippen molar-refractivity contribution in [3.05, 3.63) is 53.5 Å². The molecule has 0 bridgehead atoms. The zero-order valence-electron chi connectivity index (χ0n) is 20.1. The average Bonchev–Trinajstić information content (AvgIpc) is 3.62. The van der Waals surface area contributed by atoms with E-state index in [2.05, 4.69) is 21.5 Å². The molecule has 5 heterocycles. The van der Waals surface area contributed by atoms with Crippen LogP contribution in [-0.2, 0) is 0 Å². The first-order valence-electron chi connectivity index (χ1n) is 12.5. The number of fused-ring (bicyclic) bond motifs is 2. The Morgan fingerprint density at radius 3 is 2.75 bits per heavy atom. The van der Waals surface area contributed by atoms with Gasteiger partial charge in [-0.2, -0.15) is 13.9 Å². The van der Waals surface area contributed by atoms with Crippen molar-refractivity contribution in [2.45, 2.75) is 51.7 Å². The molecule has 0 spiro atoms. The molecule has 1 atom stereocenters. The lowest BCUT2D eigenvalue weighted by Gasteiger charge is -2.34. The van der Waals surface area contributed by atoms with E-state index in [4.69, 9.17) is 10.1 Å². The van der Waals surface area contributed by atoms with Crippen LogP contribution in [0.4, 0.5) is 14.6 Å². The third-order valence-corrected chi connectivity index (χ3v) is 7.21. The van der Waals surface area contributed by atoms with Crippen molar-refractivity contribution in [2.24, 2.45) is 0 Å². The number of rotatable bonds is 5. The summed E-state index contributed by atoms with van der Waals surface area (Å²) >= 11 is 0. The number of hydrogen-bond donors (Lipinski definition) is 1. The Kier molecular flexibility index (Phi) is 5.73. The van der Waals surface area contributed by atoms with Crippen LogP contribution in [0.15, 0.2) is 36.5 Å². The number of aryl methyl sites for hydroxylation is 1. The number of aromatic nitrogens is 4. The lowest BCUT2D eigenvalue weighted by atomic mass is 9.99. The predicted octanol–water partition coefficient (Wildman–Crippen LogP) is 5.09. The van der Waals surface area contributed by atoms with Crippen molar-refractivity contribution < 1.29 is 18.3 Å². The van der Waals surface area contributed by atoms with Gasteiger partial charge in [-0.15, -0.1) is 0 Å². The summed E-state index contributed by atoms with van der Waals surface area (Å²) in [6, 6.07) is 8.23. The number of alkyl halides is 2. The van der Waals surface area contributed by atoms with E-state index in [1.165, 1.54) is 18.9 Å². The van der Waals surface area contributed by atoms with E-state index in [0.29, 0.717) is 23.1 Å². The van der Waals surface area contributed by atoms with Crippen LogP contribution < -0.4 is 9.64 Å². The number of carbonyl (C=O) groups excluding carboxylic acids is 1. The molecule has 2 saturated heterocycles. The third kappa shape index (κ3) is 4.04. The Bertz CT molecular complexity index is 1420. The summed E-state index contributed by atoms with van der Waals surface area (Å²) in [6.45, 7) is 1.75. The Hall–Kier alpha value is -3.69. The quantitative estimate of drug-likeness (QED) is 0.418. The number of nitrogens with zero attached hydrogens (tertiary/aromatic N) is 5. The second-order valence-electron chi connectivity index (χ2n) is 9.60. The topological polar surface area (TPSA) is 78.8 Å². The van der Waals surface area contributed by atoms with Gasteiger partial charge in [-0.25, -0.2) is 9.50 Å². The zero-order valence-corrected chi connectivity index (χ0v) is 20.1. The van der Waals surface area contributed by atoms with Gasteiger partial charge >= 0.3 is 6.61 Å². The number of halogens is 2. The SMILES string of the molecule is Cc1cn2nc(C3CCCCN3C(=O)c3cc4c(OC(F)F)cccc4[nH]3)cc2nc1N1CCCC1. The lowest BCUT2D eigenvalue weighted by Crippen LogP contribution is -2.38. The molecule has 0 radical (unpaired) electrons. The summed E-state index contributed by atoms with van der Waals surface area (Å²) < 4.78 is 32.1. The number of H-pyrrole nitrogens is 1. The van der Waals surface area contributed by atoms with Crippen molar-refractivity contribution in [3.8, 4) is 5.75 Å². The van der Waals surface area contributed by atoms with Gasteiger partial charge in [-0.1, -0.05) is 6.07 Å². The Labute approximate surface area is 206 Å². The number of likely N-dealkylation sites (tertiary alicyclic amines) is 1. The highest BCUT2D eigenvalue weighted by Crippen LogP contribution is 2.34. The first-order chi connectivity index (χ1) is 17.5. The Balaban J connectivity index is 1.32. The van der Waals surface area contributed by atoms with Crippen molar-refractivity contribution >= 4 is 28.3 Å². The molecule has 1 N–H and O–H groups in total. The molecule has 36 heavy (non-hydrogen) atoms. The van der Waals surface area contributed by atoms with E-state index >= 15 is 0 Å². The van der Waals surface area contributed by atoms with Crippen molar-refractivity contribution in [1.29, 1.82) is 0 Å². The maximum absolute atomic E-state index is 13.6. The molecule has 8 nitrogen and oxygen atoms in total. The second kappa shape index (κ2) is 9.07. The molecule has 6 rings (SSSR count). The van der Waals surface area contributed by atoms with Crippen molar-refractivity contribution in [3.63, 3.8) is 0 Å². The van der Waals surface area contributed by atoms with E-state index in [0.717, 1.165) is 55.1 Å². The molecule has 3 aromatic heterocycles. The largest absolute Gasteiger partial charge is 0.434 e. The van der Waals surface area contributed by atoms with Crippen LogP contribution in [0.2, 0.25) is 0 Å². The fourth-order valence-electron chi connectivity index (χ4n) is 5.51. The lowest BCUT2D eigenvalue weighted by molar-refractivity contribution is -0.0487. The molecule has 10 heteroatoms. The number of hydrogen-bond acceptors (Lipinski definition) is 5. The van der Waals surface area contributed by atoms with Gasteiger partial charge in [0.25, 0.3) is 5.91 Å². The van der Waals surface area contributed by atoms with Crippen LogP contribution >= 0.6 is 0 Å². The Morgan fingerprint density at radius 2 is 1.94 bits per heavy atom. The van der Waals surface area contributed by atoms with E-state index in [1.54, 1.807) is 22.7 Å².